The van der Waals surface area contributed by atoms with Gasteiger partial charge in [-0.3, -0.25) is 4.79 Å². The Labute approximate surface area is 159 Å². The Hall–Kier alpha value is -2.27. The smallest absolute Gasteiger partial charge is 0.252 e. The fourth-order valence-corrected chi connectivity index (χ4v) is 4.90. The molecular formula is C15H14ClN5O3S2. The van der Waals surface area contributed by atoms with Crippen molar-refractivity contribution in [3.05, 3.63) is 53.3 Å². The largest absolute Gasteiger partial charge is 0.324 e. The molecule has 0 radical (unpaired) electrons. The van der Waals surface area contributed by atoms with Crippen LogP contribution in [-0.2, 0) is 14.8 Å². The number of carbonyl (C=O) groups is 1. The summed E-state index contributed by atoms with van der Waals surface area (Å²) in [5, 5.41) is 6.67. The van der Waals surface area contributed by atoms with E-state index < -0.39 is 15.9 Å². The van der Waals surface area contributed by atoms with E-state index in [0.717, 1.165) is 15.6 Å². The maximum Gasteiger partial charge on any atom is 0.252 e. The maximum absolute atomic E-state index is 12.4. The monoisotopic (exact) mass is 411 g/mol. The fraction of sp³-hybridized carbons (Fsp3) is 0.133. The lowest BCUT2D eigenvalue weighted by atomic mass is 10.4. The summed E-state index contributed by atoms with van der Waals surface area (Å²) in [7, 11) is -2.43. The molecule has 0 fully saturated rings. The van der Waals surface area contributed by atoms with Crippen molar-refractivity contribution in [2.75, 3.05) is 18.9 Å². The molecule has 0 aliphatic rings. The molecular weight excluding hydrogens is 398 g/mol. The molecule has 0 aliphatic carbocycles. The number of thiophene rings is 1. The number of pyridine rings is 1. The van der Waals surface area contributed by atoms with Crippen molar-refractivity contribution in [2.24, 2.45) is 0 Å². The van der Waals surface area contributed by atoms with Crippen molar-refractivity contribution >= 4 is 44.6 Å². The number of nitrogens with zero attached hydrogens (tertiary/aromatic N) is 4. The Balaban J connectivity index is 1.63. The minimum atomic E-state index is -3.76. The van der Waals surface area contributed by atoms with Gasteiger partial charge in [0.2, 0.25) is 5.91 Å². The number of aromatic nitrogens is 3. The van der Waals surface area contributed by atoms with Crippen LogP contribution in [0.5, 0.6) is 0 Å². The second-order valence-corrected chi connectivity index (χ2v) is 9.21. The van der Waals surface area contributed by atoms with Crippen molar-refractivity contribution < 1.29 is 13.2 Å². The number of nitrogens with one attached hydrogen (secondary N) is 1. The zero-order chi connectivity index (χ0) is 18.7. The predicted octanol–water partition coefficient (Wildman–Crippen LogP) is 2.24. The topological polar surface area (TPSA) is 97.2 Å². The summed E-state index contributed by atoms with van der Waals surface area (Å²) >= 11 is 6.72. The third-order valence-electron chi connectivity index (χ3n) is 3.35. The molecule has 0 saturated carbocycles. The van der Waals surface area contributed by atoms with E-state index in [1.54, 1.807) is 35.3 Å². The molecule has 3 rings (SSSR count). The van der Waals surface area contributed by atoms with Crippen LogP contribution < -0.4 is 5.32 Å². The van der Waals surface area contributed by atoms with Crippen LogP contribution in [0.2, 0.25) is 4.34 Å². The van der Waals surface area contributed by atoms with Gasteiger partial charge in [0.25, 0.3) is 10.0 Å². The average Bonchev–Trinajstić information content (AvgIpc) is 3.27. The van der Waals surface area contributed by atoms with Gasteiger partial charge < -0.3 is 5.32 Å². The molecule has 3 aromatic heterocycles. The highest BCUT2D eigenvalue weighted by Crippen LogP contribution is 2.27. The first kappa shape index (κ1) is 18.5. The van der Waals surface area contributed by atoms with E-state index in [4.69, 9.17) is 11.6 Å². The standard InChI is InChI=1S/C15H14ClN5O3S2/c1-20(26(23,24)15-6-4-12(16)25-15)10-14(22)19-11-3-5-13(17-9-11)21-8-2-7-18-21/h2-9H,10H2,1H3,(H,19,22). The van der Waals surface area contributed by atoms with E-state index in [0.29, 0.717) is 15.8 Å². The zero-order valence-corrected chi connectivity index (χ0v) is 15.9. The summed E-state index contributed by atoms with van der Waals surface area (Å²) < 4.78 is 27.8. The van der Waals surface area contributed by atoms with E-state index >= 15 is 0 Å². The highest BCUT2D eigenvalue weighted by Gasteiger charge is 2.24. The Kier molecular flexibility index (Phi) is 5.37. The number of hydrogen-bond donors (Lipinski definition) is 1. The molecule has 26 heavy (non-hydrogen) atoms. The van der Waals surface area contributed by atoms with E-state index in [-0.39, 0.29) is 10.8 Å². The van der Waals surface area contributed by atoms with Crippen LogP contribution in [0.25, 0.3) is 5.82 Å². The molecule has 1 amide bonds. The Morgan fingerprint density at radius 3 is 2.73 bits per heavy atom. The lowest BCUT2D eigenvalue weighted by Gasteiger charge is -2.15. The molecule has 3 heterocycles. The van der Waals surface area contributed by atoms with E-state index in [1.165, 1.54) is 25.4 Å². The van der Waals surface area contributed by atoms with Crippen LogP contribution >= 0.6 is 22.9 Å². The molecule has 0 aliphatic heterocycles. The van der Waals surface area contributed by atoms with Crippen LogP contribution in [0.3, 0.4) is 0 Å². The van der Waals surface area contributed by atoms with Crippen LogP contribution in [0, 0.1) is 0 Å². The van der Waals surface area contributed by atoms with Crippen LogP contribution in [0.1, 0.15) is 0 Å². The van der Waals surface area contributed by atoms with Crippen molar-refractivity contribution in [3.63, 3.8) is 0 Å². The molecule has 0 unspecified atom stereocenters. The van der Waals surface area contributed by atoms with Gasteiger partial charge in [0.1, 0.15) is 4.21 Å². The third kappa shape index (κ3) is 4.10. The number of hydrogen-bond acceptors (Lipinski definition) is 6. The maximum atomic E-state index is 12.4. The Morgan fingerprint density at radius 2 is 2.15 bits per heavy atom. The fourth-order valence-electron chi connectivity index (χ4n) is 2.08. The first-order valence-corrected chi connectivity index (χ1v) is 9.97. The highest BCUT2D eigenvalue weighted by molar-refractivity contribution is 7.91. The van der Waals surface area contributed by atoms with Crippen LogP contribution in [0.4, 0.5) is 5.69 Å². The van der Waals surface area contributed by atoms with Crippen molar-refractivity contribution in [3.8, 4) is 5.82 Å². The molecule has 136 valence electrons. The van der Waals surface area contributed by atoms with E-state index in [1.807, 2.05) is 0 Å². The molecule has 1 N–H and O–H groups in total. The van der Waals surface area contributed by atoms with Gasteiger partial charge in [0.15, 0.2) is 5.82 Å². The lowest BCUT2D eigenvalue weighted by Crippen LogP contribution is -2.34. The molecule has 0 aromatic carbocycles. The van der Waals surface area contributed by atoms with Crippen LogP contribution in [0.15, 0.2) is 53.1 Å². The third-order valence-corrected chi connectivity index (χ3v) is 6.85. The number of likely N-dealkylation sites (N-methyl/N-ethyl adjacent to an activating group) is 1. The Bertz CT molecular complexity index is 1000. The summed E-state index contributed by atoms with van der Waals surface area (Å²) in [5.41, 5.74) is 0.455. The minimum absolute atomic E-state index is 0.0862. The van der Waals surface area contributed by atoms with Crippen molar-refractivity contribution in [1.82, 2.24) is 19.1 Å². The Morgan fingerprint density at radius 1 is 1.35 bits per heavy atom. The van der Waals surface area contributed by atoms with Gasteiger partial charge in [-0.2, -0.15) is 9.40 Å². The second-order valence-electron chi connectivity index (χ2n) is 5.22. The summed E-state index contributed by atoms with van der Waals surface area (Å²) in [4.78, 5) is 16.3. The lowest BCUT2D eigenvalue weighted by molar-refractivity contribution is -0.116. The quantitative estimate of drug-likeness (QED) is 0.670. The van der Waals surface area contributed by atoms with Crippen molar-refractivity contribution in [2.45, 2.75) is 4.21 Å². The number of halogens is 1. The molecule has 0 atom stereocenters. The number of amides is 1. The predicted molar refractivity (Wildman–Crippen MR) is 99.1 cm³/mol. The van der Waals surface area contributed by atoms with Gasteiger partial charge in [-0.15, -0.1) is 11.3 Å². The molecule has 3 aromatic rings. The number of rotatable bonds is 6. The van der Waals surface area contributed by atoms with Crippen LogP contribution in [-0.4, -0.2) is 47.0 Å². The van der Waals surface area contributed by atoms with Gasteiger partial charge in [-0.1, -0.05) is 11.6 Å². The van der Waals surface area contributed by atoms with Crippen molar-refractivity contribution in [1.29, 1.82) is 0 Å². The number of anilines is 1. The van der Waals surface area contributed by atoms with Gasteiger partial charge in [-0.05, 0) is 30.3 Å². The molecule has 0 bridgehead atoms. The van der Waals surface area contributed by atoms with Gasteiger partial charge >= 0.3 is 0 Å². The SMILES string of the molecule is CN(CC(=O)Nc1ccc(-n2cccn2)nc1)S(=O)(=O)c1ccc(Cl)s1. The molecule has 8 nitrogen and oxygen atoms in total. The molecule has 0 saturated heterocycles. The second kappa shape index (κ2) is 7.54. The normalized spacial score (nSPS) is 11.7. The summed E-state index contributed by atoms with van der Waals surface area (Å²) in [6, 6.07) is 8.04. The summed E-state index contributed by atoms with van der Waals surface area (Å²) in [6.45, 7) is -0.335. The molecule has 0 spiro atoms. The zero-order valence-electron chi connectivity index (χ0n) is 13.5. The average molecular weight is 412 g/mol. The van der Waals surface area contributed by atoms with Gasteiger partial charge in [-0.25, -0.2) is 18.1 Å². The first-order valence-electron chi connectivity index (χ1n) is 7.34. The van der Waals surface area contributed by atoms with Gasteiger partial charge in [0.05, 0.1) is 22.8 Å². The number of sulfonamides is 1. The number of carbonyl (C=O) groups excluding carboxylic acids is 1. The van der Waals surface area contributed by atoms with Gasteiger partial charge in [0, 0.05) is 19.4 Å². The van der Waals surface area contributed by atoms with E-state index in [9.17, 15) is 13.2 Å². The minimum Gasteiger partial charge on any atom is -0.324 e. The van der Waals surface area contributed by atoms with E-state index in [2.05, 4.69) is 15.4 Å². The highest BCUT2D eigenvalue weighted by atomic mass is 35.5. The molecule has 11 heteroatoms. The summed E-state index contributed by atoms with van der Waals surface area (Å²) in [5.74, 6) is 0.120. The summed E-state index contributed by atoms with van der Waals surface area (Å²) in [6.07, 6.45) is 4.86. The first-order chi connectivity index (χ1) is 12.4.